The molecule has 4 atom stereocenters. The number of ether oxygens (including phenoxy) is 1. The average Bonchev–Trinajstić information content (AvgIpc) is 2.91. The fourth-order valence-electron chi connectivity index (χ4n) is 4.52. The smallest absolute Gasteiger partial charge is 0.347 e. The van der Waals surface area contributed by atoms with Gasteiger partial charge < -0.3 is 9.62 Å². The lowest BCUT2D eigenvalue weighted by molar-refractivity contribution is -0.242. The van der Waals surface area contributed by atoms with Crippen LogP contribution in [0, 0.1) is 17.3 Å². The molecule has 3 fully saturated rings. The van der Waals surface area contributed by atoms with Gasteiger partial charge in [-0.05, 0) is 51.9 Å². The fourth-order valence-corrected chi connectivity index (χ4v) is 4.52. The Morgan fingerprint density at radius 3 is 2.89 bits per heavy atom. The number of carbonyl (C=O) groups is 1. The molecule has 4 heteroatoms. The number of allylic oxidation sites excluding steroid dienone is 2. The van der Waals surface area contributed by atoms with Gasteiger partial charge in [-0.3, -0.25) is 0 Å². The highest BCUT2D eigenvalue weighted by molar-refractivity contribution is 5.72. The van der Waals surface area contributed by atoms with Gasteiger partial charge in [0.1, 0.15) is 0 Å². The quantitative estimate of drug-likeness (QED) is 0.450. The Morgan fingerprint density at radius 1 is 1.42 bits per heavy atom. The third kappa shape index (κ3) is 1.93. The molecule has 4 nitrogen and oxygen atoms in total. The molecular weight excluding hydrogens is 244 g/mol. The third-order valence-electron chi connectivity index (χ3n) is 5.49. The van der Waals surface area contributed by atoms with Crippen LogP contribution in [0.2, 0.25) is 0 Å². The van der Waals surface area contributed by atoms with Crippen LogP contribution in [-0.4, -0.2) is 23.9 Å². The highest BCUT2D eigenvalue weighted by atomic mass is 17.1. The molecule has 0 aromatic rings. The molecule has 1 heterocycles. The second-order valence-corrected chi connectivity index (χ2v) is 6.59. The van der Waals surface area contributed by atoms with Crippen molar-refractivity contribution < 1.29 is 19.7 Å². The van der Waals surface area contributed by atoms with E-state index in [4.69, 9.17) is 9.99 Å². The first kappa shape index (κ1) is 13.1. The molecule has 1 spiro atoms. The molecule has 0 amide bonds. The number of hydrogen-bond donors (Lipinski definition) is 1. The molecule has 0 radical (unpaired) electrons. The van der Waals surface area contributed by atoms with Crippen molar-refractivity contribution in [1.29, 1.82) is 0 Å². The normalized spacial score (nSPS) is 40.8. The van der Waals surface area contributed by atoms with Crippen LogP contribution >= 0.6 is 0 Å². The van der Waals surface area contributed by atoms with Gasteiger partial charge in [-0.1, -0.05) is 11.1 Å². The lowest BCUT2D eigenvalue weighted by atomic mass is 9.74. The molecule has 0 aromatic carbocycles. The molecule has 1 N–H and O–H groups in total. The fraction of sp³-hybridized carbons (Fsp3) is 0.800. The Morgan fingerprint density at radius 2 is 2.21 bits per heavy atom. The zero-order valence-electron chi connectivity index (χ0n) is 11.6. The van der Waals surface area contributed by atoms with Gasteiger partial charge in [0.15, 0.2) is 0 Å². The summed E-state index contributed by atoms with van der Waals surface area (Å²) in [7, 11) is 0. The monoisotopic (exact) mass is 266 g/mol. The maximum absolute atomic E-state index is 11.7. The molecule has 1 aliphatic heterocycles. The van der Waals surface area contributed by atoms with Crippen LogP contribution in [0.1, 0.15) is 46.0 Å². The highest BCUT2D eigenvalue weighted by Crippen LogP contribution is 2.58. The lowest BCUT2D eigenvalue weighted by Gasteiger charge is -2.30. The Kier molecular flexibility index (Phi) is 3.18. The van der Waals surface area contributed by atoms with E-state index in [-0.39, 0.29) is 17.4 Å². The van der Waals surface area contributed by atoms with Crippen molar-refractivity contribution in [2.75, 3.05) is 6.61 Å². The largest absolute Gasteiger partial charge is 0.377 e. The summed E-state index contributed by atoms with van der Waals surface area (Å²) in [6.07, 6.45) is 5.00. The Balaban J connectivity index is 1.90. The molecule has 19 heavy (non-hydrogen) atoms. The van der Waals surface area contributed by atoms with Crippen molar-refractivity contribution in [2.45, 2.75) is 52.1 Å². The van der Waals surface area contributed by atoms with Gasteiger partial charge in [0, 0.05) is 5.41 Å². The lowest BCUT2D eigenvalue weighted by Crippen LogP contribution is -2.29. The molecule has 106 valence electrons. The average molecular weight is 266 g/mol. The first-order valence-electron chi connectivity index (χ1n) is 7.20. The van der Waals surface area contributed by atoms with E-state index in [0.717, 1.165) is 25.9 Å². The summed E-state index contributed by atoms with van der Waals surface area (Å²) in [4.78, 5) is 15.6. The van der Waals surface area contributed by atoms with Crippen LogP contribution in [0.3, 0.4) is 0 Å². The van der Waals surface area contributed by atoms with Gasteiger partial charge in [0.25, 0.3) is 0 Å². The number of hydrogen-bond acceptors (Lipinski definition) is 4. The van der Waals surface area contributed by atoms with Crippen molar-refractivity contribution in [2.24, 2.45) is 17.3 Å². The first-order valence-corrected chi connectivity index (χ1v) is 7.20. The summed E-state index contributed by atoms with van der Waals surface area (Å²) in [5, 5.41) is 8.63. The van der Waals surface area contributed by atoms with E-state index in [1.54, 1.807) is 5.57 Å². The molecule has 1 saturated heterocycles. The molecule has 3 rings (SSSR count). The predicted octanol–water partition coefficient (Wildman–Crippen LogP) is 2.93. The number of fused-ring (bicyclic) bond motifs is 1. The maximum Gasteiger partial charge on any atom is 0.347 e. The summed E-state index contributed by atoms with van der Waals surface area (Å²) in [6, 6.07) is 0. The van der Waals surface area contributed by atoms with Crippen molar-refractivity contribution >= 4 is 5.97 Å². The van der Waals surface area contributed by atoms with Crippen LogP contribution < -0.4 is 0 Å². The molecule has 2 aliphatic carbocycles. The summed E-state index contributed by atoms with van der Waals surface area (Å²) in [5.74, 6) is -0.270. The number of rotatable bonds is 1. The highest BCUT2D eigenvalue weighted by Gasteiger charge is 2.55. The van der Waals surface area contributed by atoms with Crippen LogP contribution in [0.25, 0.3) is 0 Å². The van der Waals surface area contributed by atoms with E-state index >= 15 is 0 Å². The van der Waals surface area contributed by atoms with Crippen molar-refractivity contribution in [3.8, 4) is 0 Å². The molecular formula is C15H22O4. The van der Waals surface area contributed by atoms with Gasteiger partial charge in [-0.15, -0.1) is 0 Å². The zero-order chi connectivity index (χ0) is 13.6. The third-order valence-corrected chi connectivity index (χ3v) is 5.49. The van der Waals surface area contributed by atoms with Gasteiger partial charge in [0.05, 0.1) is 18.6 Å². The van der Waals surface area contributed by atoms with Gasteiger partial charge in [-0.2, -0.15) is 5.26 Å². The number of carbonyl (C=O) groups excluding carboxylic acids is 1. The minimum Gasteiger partial charge on any atom is -0.377 e. The van der Waals surface area contributed by atoms with Gasteiger partial charge in [0.2, 0.25) is 0 Å². The van der Waals surface area contributed by atoms with Gasteiger partial charge >= 0.3 is 5.97 Å². The van der Waals surface area contributed by atoms with Crippen LogP contribution in [0.15, 0.2) is 11.1 Å². The van der Waals surface area contributed by atoms with E-state index in [1.807, 2.05) is 0 Å². The predicted molar refractivity (Wildman–Crippen MR) is 69.3 cm³/mol. The van der Waals surface area contributed by atoms with E-state index < -0.39 is 5.97 Å². The Hall–Kier alpha value is -0.870. The maximum atomic E-state index is 11.7. The Bertz CT molecular complexity index is 424. The molecule has 1 unspecified atom stereocenters. The standard InChI is InChI=1S/C15H22O4/c1-9(2)10-5-6-15-7-13(18-8-15)11(14(16)19-17)3-4-12(10)15/h11-13,17H,3-8H2,1-2H3/t11-,12+,13-,15?/m1/s1. The minimum atomic E-state index is -0.527. The summed E-state index contributed by atoms with van der Waals surface area (Å²) < 4.78 is 5.89. The van der Waals surface area contributed by atoms with Crippen molar-refractivity contribution in [3.63, 3.8) is 0 Å². The van der Waals surface area contributed by atoms with Crippen molar-refractivity contribution in [1.82, 2.24) is 0 Å². The second-order valence-electron chi connectivity index (χ2n) is 6.59. The van der Waals surface area contributed by atoms with E-state index in [9.17, 15) is 4.79 Å². The van der Waals surface area contributed by atoms with Crippen LogP contribution in [0.5, 0.6) is 0 Å². The van der Waals surface area contributed by atoms with E-state index in [2.05, 4.69) is 18.7 Å². The second kappa shape index (κ2) is 4.60. The summed E-state index contributed by atoms with van der Waals surface area (Å²) >= 11 is 0. The molecule has 2 bridgehead atoms. The van der Waals surface area contributed by atoms with Crippen molar-refractivity contribution in [3.05, 3.63) is 11.1 Å². The minimum absolute atomic E-state index is 0.0684. The molecule has 2 saturated carbocycles. The summed E-state index contributed by atoms with van der Waals surface area (Å²) in [5.41, 5.74) is 3.23. The topological polar surface area (TPSA) is 55.8 Å². The van der Waals surface area contributed by atoms with Crippen LogP contribution in [-0.2, 0) is 14.4 Å². The molecule has 3 aliphatic rings. The van der Waals surface area contributed by atoms with E-state index in [0.29, 0.717) is 5.92 Å². The SMILES string of the molecule is CC(C)=C1CCC23CO[C@H](C2)[C@H](C(=O)OO)CC[C@@H]13. The van der Waals surface area contributed by atoms with Gasteiger partial charge in [-0.25, -0.2) is 4.79 Å². The van der Waals surface area contributed by atoms with E-state index in [1.165, 1.54) is 18.4 Å². The van der Waals surface area contributed by atoms with Crippen LogP contribution in [0.4, 0.5) is 0 Å². The summed E-state index contributed by atoms with van der Waals surface area (Å²) in [6.45, 7) is 5.13. The zero-order valence-corrected chi connectivity index (χ0v) is 11.6. The molecule has 0 aromatic heterocycles. The Labute approximate surface area is 113 Å². The first-order chi connectivity index (χ1) is 9.07.